The van der Waals surface area contributed by atoms with Crippen LogP contribution in [0.2, 0.25) is 5.02 Å². The number of nitrogen functional groups attached to an aromatic ring is 1. The van der Waals surface area contributed by atoms with Gasteiger partial charge >= 0.3 is 0 Å². The molecule has 0 bridgehead atoms. The Bertz CT molecular complexity index is 855. The summed E-state index contributed by atoms with van der Waals surface area (Å²) in [5, 5.41) is 0.000201. The van der Waals surface area contributed by atoms with Crippen molar-refractivity contribution in [2.24, 2.45) is 0 Å². The van der Waals surface area contributed by atoms with E-state index in [0.29, 0.717) is 22.8 Å². The summed E-state index contributed by atoms with van der Waals surface area (Å²) in [5.74, 6) is 0.234. The van der Waals surface area contributed by atoms with Gasteiger partial charge in [0.2, 0.25) is 5.88 Å². The fourth-order valence-electron chi connectivity index (χ4n) is 2.05. The highest BCUT2D eigenvalue weighted by atomic mass is 35.5. The van der Waals surface area contributed by atoms with Crippen molar-refractivity contribution in [2.45, 2.75) is 0 Å². The molecule has 0 aliphatic rings. The van der Waals surface area contributed by atoms with Gasteiger partial charge in [-0.05, 0) is 24.3 Å². The summed E-state index contributed by atoms with van der Waals surface area (Å²) in [6.07, 6.45) is 3.17. The molecule has 2 N–H and O–H groups in total. The van der Waals surface area contributed by atoms with Crippen LogP contribution in [0.4, 0.5) is 10.2 Å². The fourth-order valence-corrected chi connectivity index (χ4v) is 2.23. The van der Waals surface area contributed by atoms with Crippen molar-refractivity contribution in [3.05, 3.63) is 53.6 Å². The highest BCUT2D eigenvalue weighted by molar-refractivity contribution is 6.31. The Kier molecular flexibility index (Phi) is 4.08. The van der Waals surface area contributed by atoms with E-state index < -0.39 is 5.82 Å². The molecule has 1 aromatic carbocycles. The molecule has 0 saturated carbocycles. The summed E-state index contributed by atoms with van der Waals surface area (Å²) in [6, 6.07) is 7.82. The zero-order chi connectivity index (χ0) is 16.4. The van der Waals surface area contributed by atoms with Gasteiger partial charge in [0.05, 0.1) is 24.0 Å². The number of nitrogens with two attached hydrogens (primary N) is 1. The number of anilines is 1. The Balaban J connectivity index is 2.06. The van der Waals surface area contributed by atoms with Gasteiger partial charge in [-0.25, -0.2) is 19.3 Å². The van der Waals surface area contributed by atoms with Crippen LogP contribution in [0.3, 0.4) is 0 Å². The molecule has 0 unspecified atom stereocenters. The lowest BCUT2D eigenvalue weighted by atomic mass is 10.1. The van der Waals surface area contributed by atoms with Crippen molar-refractivity contribution in [3.8, 4) is 28.4 Å². The summed E-state index contributed by atoms with van der Waals surface area (Å²) < 4.78 is 18.3. The molecule has 7 heteroatoms. The molecule has 0 atom stereocenters. The lowest BCUT2D eigenvalue weighted by Crippen LogP contribution is -1.99. The number of aromatic nitrogens is 3. The molecular weight excluding hydrogens is 319 g/mol. The first-order valence-electron chi connectivity index (χ1n) is 6.67. The molecule has 2 heterocycles. The SMILES string of the molecule is COc1ccc(-c2cnc(N)c(-c3ccc(F)c(Cl)c3)n2)cn1. The van der Waals surface area contributed by atoms with Crippen LogP contribution < -0.4 is 10.5 Å². The second-order valence-corrected chi connectivity index (χ2v) is 5.11. The number of pyridine rings is 1. The second-order valence-electron chi connectivity index (χ2n) is 4.71. The van der Waals surface area contributed by atoms with E-state index in [1.165, 1.54) is 12.1 Å². The first-order valence-corrected chi connectivity index (χ1v) is 7.04. The van der Waals surface area contributed by atoms with Crippen LogP contribution in [0.25, 0.3) is 22.5 Å². The average Bonchev–Trinajstić information content (AvgIpc) is 2.58. The van der Waals surface area contributed by atoms with Crippen LogP contribution >= 0.6 is 11.6 Å². The smallest absolute Gasteiger partial charge is 0.212 e. The van der Waals surface area contributed by atoms with Gasteiger partial charge in [0.15, 0.2) is 0 Å². The predicted molar refractivity (Wildman–Crippen MR) is 86.6 cm³/mol. The normalized spacial score (nSPS) is 10.6. The van der Waals surface area contributed by atoms with Crippen LogP contribution in [0.5, 0.6) is 5.88 Å². The highest BCUT2D eigenvalue weighted by Crippen LogP contribution is 2.29. The van der Waals surface area contributed by atoms with E-state index in [-0.39, 0.29) is 10.8 Å². The van der Waals surface area contributed by atoms with Crippen molar-refractivity contribution in [2.75, 3.05) is 12.8 Å². The van der Waals surface area contributed by atoms with Gasteiger partial charge < -0.3 is 10.5 Å². The summed E-state index contributed by atoms with van der Waals surface area (Å²) in [5.41, 5.74) is 8.25. The van der Waals surface area contributed by atoms with Crippen molar-refractivity contribution in [3.63, 3.8) is 0 Å². The van der Waals surface area contributed by atoms with Crippen molar-refractivity contribution >= 4 is 17.4 Å². The second kappa shape index (κ2) is 6.18. The Morgan fingerprint density at radius 2 is 1.87 bits per heavy atom. The number of halogens is 2. The summed E-state index contributed by atoms with van der Waals surface area (Å²) in [4.78, 5) is 12.8. The van der Waals surface area contributed by atoms with E-state index in [1.807, 2.05) is 6.07 Å². The largest absolute Gasteiger partial charge is 0.481 e. The van der Waals surface area contributed by atoms with Gasteiger partial charge in [0.1, 0.15) is 17.3 Å². The van der Waals surface area contributed by atoms with Gasteiger partial charge in [-0.15, -0.1) is 0 Å². The Morgan fingerprint density at radius 3 is 2.52 bits per heavy atom. The zero-order valence-electron chi connectivity index (χ0n) is 12.1. The lowest BCUT2D eigenvalue weighted by Gasteiger charge is -2.08. The standard InChI is InChI=1S/C16H12ClFN4O/c1-23-14-5-3-10(7-20-14)13-8-21-16(19)15(22-13)9-2-4-12(18)11(17)6-9/h2-8H,1H3,(H2,19,21). The Hall–Kier alpha value is -2.73. The maximum atomic E-state index is 13.3. The van der Waals surface area contributed by atoms with Crippen molar-refractivity contribution in [1.82, 2.24) is 15.0 Å². The number of ether oxygens (including phenoxy) is 1. The number of nitrogens with zero attached hydrogens (tertiary/aromatic N) is 3. The molecule has 0 radical (unpaired) electrons. The molecule has 0 spiro atoms. The van der Waals surface area contributed by atoms with Gasteiger partial charge in [-0.1, -0.05) is 11.6 Å². The topological polar surface area (TPSA) is 73.9 Å². The highest BCUT2D eigenvalue weighted by Gasteiger charge is 2.11. The van der Waals surface area contributed by atoms with E-state index in [1.54, 1.807) is 31.6 Å². The monoisotopic (exact) mass is 330 g/mol. The molecule has 116 valence electrons. The van der Waals surface area contributed by atoms with Gasteiger partial charge in [0.25, 0.3) is 0 Å². The molecular formula is C16H12ClFN4O. The molecule has 3 aromatic rings. The molecule has 0 amide bonds. The van der Waals surface area contributed by atoms with Crippen molar-refractivity contribution < 1.29 is 9.13 Å². The minimum atomic E-state index is -0.502. The molecule has 0 aliphatic heterocycles. The fraction of sp³-hybridized carbons (Fsp3) is 0.0625. The maximum Gasteiger partial charge on any atom is 0.212 e. The average molecular weight is 331 g/mol. The summed E-state index contributed by atoms with van der Waals surface area (Å²) in [6.45, 7) is 0. The molecule has 23 heavy (non-hydrogen) atoms. The van der Waals surface area contributed by atoms with E-state index in [2.05, 4.69) is 15.0 Å². The summed E-state index contributed by atoms with van der Waals surface area (Å²) >= 11 is 5.82. The molecule has 3 rings (SSSR count). The number of benzene rings is 1. The number of hydrogen-bond acceptors (Lipinski definition) is 5. The number of rotatable bonds is 3. The minimum Gasteiger partial charge on any atom is -0.481 e. The van der Waals surface area contributed by atoms with Crippen LogP contribution in [0.1, 0.15) is 0 Å². The third kappa shape index (κ3) is 3.07. The molecule has 2 aromatic heterocycles. The summed E-state index contributed by atoms with van der Waals surface area (Å²) in [7, 11) is 1.54. The van der Waals surface area contributed by atoms with E-state index in [0.717, 1.165) is 5.56 Å². The number of hydrogen-bond donors (Lipinski definition) is 1. The maximum absolute atomic E-state index is 13.3. The quantitative estimate of drug-likeness (QED) is 0.794. The van der Waals surface area contributed by atoms with Crippen LogP contribution in [0, 0.1) is 5.82 Å². The van der Waals surface area contributed by atoms with Crippen molar-refractivity contribution in [1.29, 1.82) is 0 Å². The third-order valence-corrected chi connectivity index (χ3v) is 3.52. The van der Waals surface area contributed by atoms with Gasteiger partial charge in [0, 0.05) is 23.4 Å². The molecule has 0 fully saturated rings. The third-order valence-electron chi connectivity index (χ3n) is 3.24. The van der Waals surface area contributed by atoms with Crippen LogP contribution in [-0.4, -0.2) is 22.1 Å². The van der Waals surface area contributed by atoms with Gasteiger partial charge in [-0.2, -0.15) is 0 Å². The zero-order valence-corrected chi connectivity index (χ0v) is 12.9. The lowest BCUT2D eigenvalue weighted by molar-refractivity contribution is 0.398. The van der Waals surface area contributed by atoms with Crippen LogP contribution in [-0.2, 0) is 0 Å². The van der Waals surface area contributed by atoms with Crippen LogP contribution in [0.15, 0.2) is 42.7 Å². The molecule has 0 aliphatic carbocycles. The predicted octanol–water partition coefficient (Wildman–Crippen LogP) is 3.59. The van der Waals surface area contributed by atoms with E-state index in [4.69, 9.17) is 22.1 Å². The van der Waals surface area contributed by atoms with Gasteiger partial charge in [-0.3, -0.25) is 0 Å². The Morgan fingerprint density at radius 1 is 1.09 bits per heavy atom. The Labute approximate surface area is 136 Å². The first-order chi connectivity index (χ1) is 11.1. The molecule has 5 nitrogen and oxygen atoms in total. The first kappa shape index (κ1) is 15.2. The minimum absolute atomic E-state index is 0.000201. The number of methoxy groups -OCH3 is 1. The molecule has 0 saturated heterocycles. The van der Waals surface area contributed by atoms with E-state index in [9.17, 15) is 4.39 Å². The van der Waals surface area contributed by atoms with E-state index >= 15 is 0 Å².